The zero-order chi connectivity index (χ0) is 14.5. The Kier molecular flexibility index (Phi) is 5.96. The molecule has 7 heteroatoms. The first-order valence-electron chi connectivity index (χ1n) is 5.58. The van der Waals surface area contributed by atoms with E-state index in [0.717, 1.165) is 8.66 Å². The van der Waals surface area contributed by atoms with Gasteiger partial charge < -0.3 is 5.32 Å². The second kappa shape index (κ2) is 7.02. The molecule has 0 saturated carbocycles. The SMILES string of the molecule is CC(C)(C)NC(=S)NNC(=O)/C=C/c1ccc(Br)s1. The van der Waals surface area contributed by atoms with Gasteiger partial charge in [0.2, 0.25) is 0 Å². The summed E-state index contributed by atoms with van der Waals surface area (Å²) in [5.41, 5.74) is 4.99. The number of hydrogen-bond donors (Lipinski definition) is 3. The quantitative estimate of drug-likeness (QED) is 0.430. The minimum absolute atomic E-state index is 0.145. The summed E-state index contributed by atoms with van der Waals surface area (Å²) in [6.07, 6.45) is 3.19. The number of nitrogens with one attached hydrogen (secondary N) is 3. The zero-order valence-electron chi connectivity index (χ0n) is 10.9. The highest BCUT2D eigenvalue weighted by molar-refractivity contribution is 9.11. The molecule has 0 bridgehead atoms. The number of hydrazine groups is 1. The third kappa shape index (κ3) is 7.29. The standard InChI is InChI=1S/C12H16BrN3OS2/c1-12(2,3)14-11(18)16-15-10(17)7-5-8-4-6-9(13)19-8/h4-7H,1-3H3,(H,15,17)(H2,14,16,18)/b7-5+. The number of thiocarbonyl (C=S) groups is 1. The lowest BCUT2D eigenvalue weighted by Crippen LogP contribution is -2.51. The minimum Gasteiger partial charge on any atom is -0.357 e. The summed E-state index contributed by atoms with van der Waals surface area (Å²) in [5, 5.41) is 3.41. The third-order valence-electron chi connectivity index (χ3n) is 1.78. The fraction of sp³-hybridized carbons (Fsp3) is 0.333. The van der Waals surface area contributed by atoms with Crippen LogP contribution in [0.5, 0.6) is 0 Å². The number of rotatable bonds is 2. The van der Waals surface area contributed by atoms with Gasteiger partial charge in [0.25, 0.3) is 5.91 Å². The molecule has 0 aliphatic heterocycles. The van der Waals surface area contributed by atoms with Crippen molar-refractivity contribution in [2.45, 2.75) is 26.3 Å². The van der Waals surface area contributed by atoms with Crippen molar-refractivity contribution in [2.24, 2.45) is 0 Å². The van der Waals surface area contributed by atoms with Crippen molar-refractivity contribution in [1.29, 1.82) is 0 Å². The third-order valence-corrected chi connectivity index (χ3v) is 3.57. The lowest BCUT2D eigenvalue weighted by atomic mass is 10.1. The van der Waals surface area contributed by atoms with Crippen LogP contribution in [0.4, 0.5) is 0 Å². The van der Waals surface area contributed by atoms with Crippen molar-refractivity contribution in [2.75, 3.05) is 0 Å². The predicted octanol–water partition coefficient (Wildman–Crippen LogP) is 2.82. The Bertz CT molecular complexity index is 491. The van der Waals surface area contributed by atoms with E-state index in [1.807, 2.05) is 32.9 Å². The average molecular weight is 362 g/mol. The molecule has 1 rings (SSSR count). The van der Waals surface area contributed by atoms with E-state index < -0.39 is 0 Å². The van der Waals surface area contributed by atoms with E-state index in [1.165, 1.54) is 6.08 Å². The summed E-state index contributed by atoms with van der Waals surface area (Å²) in [7, 11) is 0. The Morgan fingerprint density at radius 2 is 2.05 bits per heavy atom. The van der Waals surface area contributed by atoms with Crippen LogP contribution >= 0.6 is 39.5 Å². The van der Waals surface area contributed by atoms with Crippen molar-refractivity contribution in [1.82, 2.24) is 16.2 Å². The maximum absolute atomic E-state index is 11.5. The van der Waals surface area contributed by atoms with Gasteiger partial charge in [-0.2, -0.15) is 0 Å². The fourth-order valence-corrected chi connectivity index (χ4v) is 2.79. The summed E-state index contributed by atoms with van der Waals surface area (Å²) in [4.78, 5) is 12.5. The number of carbonyl (C=O) groups is 1. The van der Waals surface area contributed by atoms with Crippen LogP contribution in [0.15, 0.2) is 22.0 Å². The van der Waals surface area contributed by atoms with Gasteiger partial charge >= 0.3 is 0 Å². The first kappa shape index (κ1) is 16.1. The van der Waals surface area contributed by atoms with E-state index in [-0.39, 0.29) is 11.4 Å². The average Bonchev–Trinajstić information content (AvgIpc) is 2.67. The lowest BCUT2D eigenvalue weighted by molar-refractivity contribution is -0.116. The van der Waals surface area contributed by atoms with Gasteiger partial charge in [0.1, 0.15) is 0 Å². The number of hydrogen-bond acceptors (Lipinski definition) is 3. The maximum Gasteiger partial charge on any atom is 0.262 e. The number of halogens is 1. The van der Waals surface area contributed by atoms with Gasteiger partial charge in [-0.3, -0.25) is 15.6 Å². The maximum atomic E-state index is 11.5. The Labute approximate surface area is 130 Å². The van der Waals surface area contributed by atoms with Crippen molar-refractivity contribution in [3.8, 4) is 0 Å². The zero-order valence-corrected chi connectivity index (χ0v) is 14.1. The van der Waals surface area contributed by atoms with Crippen LogP contribution in [0.3, 0.4) is 0 Å². The van der Waals surface area contributed by atoms with E-state index in [1.54, 1.807) is 17.4 Å². The van der Waals surface area contributed by atoms with Gasteiger partial charge in [0.15, 0.2) is 5.11 Å². The molecule has 0 atom stereocenters. The number of thiophene rings is 1. The molecule has 19 heavy (non-hydrogen) atoms. The normalized spacial score (nSPS) is 11.4. The van der Waals surface area contributed by atoms with Gasteiger partial charge in [0, 0.05) is 16.5 Å². The van der Waals surface area contributed by atoms with Crippen LogP contribution in [0.25, 0.3) is 6.08 Å². The molecule has 0 aromatic carbocycles. The molecule has 4 nitrogen and oxygen atoms in total. The van der Waals surface area contributed by atoms with E-state index in [0.29, 0.717) is 5.11 Å². The molecular weight excluding hydrogens is 346 g/mol. The Morgan fingerprint density at radius 3 is 2.58 bits per heavy atom. The molecule has 0 unspecified atom stereocenters. The smallest absolute Gasteiger partial charge is 0.262 e. The molecule has 0 spiro atoms. The lowest BCUT2D eigenvalue weighted by Gasteiger charge is -2.22. The molecule has 1 heterocycles. The van der Waals surface area contributed by atoms with Crippen LogP contribution in [-0.2, 0) is 4.79 Å². The molecule has 3 N–H and O–H groups in total. The molecule has 0 radical (unpaired) electrons. The molecular formula is C12H16BrN3OS2. The van der Waals surface area contributed by atoms with Gasteiger partial charge in [-0.05, 0) is 67.1 Å². The Hall–Kier alpha value is -0.920. The largest absolute Gasteiger partial charge is 0.357 e. The molecule has 0 fully saturated rings. The second-order valence-electron chi connectivity index (χ2n) is 4.79. The summed E-state index contributed by atoms with van der Waals surface area (Å²) < 4.78 is 1.03. The van der Waals surface area contributed by atoms with Crippen LogP contribution in [0.1, 0.15) is 25.6 Å². The van der Waals surface area contributed by atoms with Crippen molar-refractivity contribution in [3.63, 3.8) is 0 Å². The highest BCUT2D eigenvalue weighted by atomic mass is 79.9. The molecule has 0 aliphatic rings. The van der Waals surface area contributed by atoms with E-state index in [2.05, 4.69) is 32.1 Å². The van der Waals surface area contributed by atoms with Gasteiger partial charge in [0.05, 0.1) is 3.79 Å². The predicted molar refractivity (Wildman–Crippen MR) is 87.8 cm³/mol. The van der Waals surface area contributed by atoms with Crippen molar-refractivity contribution >= 4 is 56.6 Å². The van der Waals surface area contributed by atoms with Crippen LogP contribution < -0.4 is 16.2 Å². The summed E-state index contributed by atoms with van der Waals surface area (Å²) in [6.45, 7) is 5.95. The van der Waals surface area contributed by atoms with Crippen molar-refractivity contribution < 1.29 is 4.79 Å². The van der Waals surface area contributed by atoms with E-state index in [9.17, 15) is 4.79 Å². The van der Waals surface area contributed by atoms with E-state index >= 15 is 0 Å². The molecule has 104 valence electrons. The van der Waals surface area contributed by atoms with Gasteiger partial charge in [-0.1, -0.05) is 0 Å². The Morgan fingerprint density at radius 1 is 1.37 bits per heavy atom. The van der Waals surface area contributed by atoms with Crippen LogP contribution in [0.2, 0.25) is 0 Å². The fourth-order valence-electron chi connectivity index (χ4n) is 1.11. The molecule has 1 aromatic heterocycles. The topological polar surface area (TPSA) is 53.2 Å². The number of amides is 1. The summed E-state index contributed by atoms with van der Waals surface area (Å²) in [6, 6.07) is 3.86. The molecule has 0 saturated heterocycles. The van der Waals surface area contributed by atoms with Gasteiger partial charge in [-0.15, -0.1) is 11.3 Å². The molecule has 1 amide bonds. The highest BCUT2D eigenvalue weighted by Crippen LogP contribution is 2.22. The molecule has 1 aromatic rings. The highest BCUT2D eigenvalue weighted by Gasteiger charge is 2.10. The summed E-state index contributed by atoms with van der Waals surface area (Å²) in [5.74, 6) is -0.261. The number of carbonyl (C=O) groups excluding carboxylic acids is 1. The van der Waals surface area contributed by atoms with Crippen LogP contribution in [0, 0.1) is 0 Å². The minimum atomic E-state index is -0.261. The second-order valence-corrected chi connectivity index (χ2v) is 7.70. The first-order valence-corrected chi connectivity index (χ1v) is 7.59. The monoisotopic (exact) mass is 361 g/mol. The first-order chi connectivity index (χ1) is 8.76. The Balaban J connectivity index is 2.36. The summed E-state index contributed by atoms with van der Waals surface area (Å²) >= 11 is 9.95. The molecule has 0 aliphatic carbocycles. The van der Waals surface area contributed by atoms with Crippen molar-refractivity contribution in [3.05, 3.63) is 26.9 Å². The van der Waals surface area contributed by atoms with E-state index in [4.69, 9.17) is 12.2 Å². The van der Waals surface area contributed by atoms with Gasteiger partial charge in [-0.25, -0.2) is 0 Å². The van der Waals surface area contributed by atoms with Crippen LogP contribution in [-0.4, -0.2) is 16.6 Å².